The van der Waals surface area contributed by atoms with Crippen molar-refractivity contribution in [2.75, 3.05) is 26.8 Å². The lowest BCUT2D eigenvalue weighted by molar-refractivity contribution is 0.303. The van der Waals surface area contributed by atoms with Crippen LogP contribution < -0.4 is 15.2 Å². The molecule has 1 aromatic carbocycles. The van der Waals surface area contributed by atoms with Crippen LogP contribution in [0.1, 0.15) is 19.4 Å². The van der Waals surface area contributed by atoms with Crippen LogP contribution in [-0.4, -0.2) is 37.7 Å². The number of nitrogens with zero attached hydrogens (tertiary/aromatic N) is 1. The van der Waals surface area contributed by atoms with E-state index in [1.165, 1.54) is 5.56 Å². The molecule has 0 aromatic heterocycles. The first-order valence-electron chi connectivity index (χ1n) is 7.02. The van der Waals surface area contributed by atoms with E-state index in [0.717, 1.165) is 35.6 Å². The molecule has 0 spiro atoms. The van der Waals surface area contributed by atoms with Gasteiger partial charge < -0.3 is 15.2 Å². The molecular weight excluding hydrogens is 356 g/mol. The van der Waals surface area contributed by atoms with Crippen LogP contribution in [0.15, 0.2) is 16.6 Å². The SMILES string of the molecule is CCOc1cc(CN2CC(C)C(N)C2)cc(Br)c1OC.Cl. The lowest BCUT2D eigenvalue weighted by atomic mass is 10.1. The summed E-state index contributed by atoms with van der Waals surface area (Å²) < 4.78 is 12.0. The highest BCUT2D eigenvalue weighted by molar-refractivity contribution is 9.10. The Balaban J connectivity index is 0.00000220. The average molecular weight is 380 g/mol. The highest BCUT2D eigenvalue weighted by atomic mass is 79.9. The van der Waals surface area contributed by atoms with Gasteiger partial charge in [0.15, 0.2) is 11.5 Å². The van der Waals surface area contributed by atoms with Crippen molar-refractivity contribution in [3.05, 3.63) is 22.2 Å². The fourth-order valence-electron chi connectivity index (χ4n) is 2.66. The Morgan fingerprint density at radius 3 is 2.62 bits per heavy atom. The number of hydrogen-bond donors (Lipinski definition) is 1. The molecule has 2 atom stereocenters. The highest BCUT2D eigenvalue weighted by Gasteiger charge is 2.26. The molecule has 0 radical (unpaired) electrons. The van der Waals surface area contributed by atoms with Gasteiger partial charge in [-0.2, -0.15) is 0 Å². The molecule has 0 amide bonds. The maximum Gasteiger partial charge on any atom is 0.174 e. The van der Waals surface area contributed by atoms with Crippen molar-refractivity contribution in [3.63, 3.8) is 0 Å². The molecule has 2 rings (SSSR count). The van der Waals surface area contributed by atoms with E-state index in [9.17, 15) is 0 Å². The van der Waals surface area contributed by atoms with Gasteiger partial charge in [0, 0.05) is 25.7 Å². The largest absolute Gasteiger partial charge is 0.492 e. The molecule has 0 bridgehead atoms. The van der Waals surface area contributed by atoms with Crippen molar-refractivity contribution >= 4 is 28.3 Å². The quantitative estimate of drug-likeness (QED) is 0.854. The first-order valence-corrected chi connectivity index (χ1v) is 7.81. The number of rotatable bonds is 5. The number of hydrogen-bond acceptors (Lipinski definition) is 4. The Bertz CT molecular complexity index is 463. The number of halogens is 2. The van der Waals surface area contributed by atoms with Gasteiger partial charge in [-0.1, -0.05) is 6.92 Å². The van der Waals surface area contributed by atoms with Crippen LogP contribution in [0.5, 0.6) is 11.5 Å². The van der Waals surface area contributed by atoms with E-state index >= 15 is 0 Å². The van der Waals surface area contributed by atoms with Gasteiger partial charge in [0.2, 0.25) is 0 Å². The molecule has 1 aromatic rings. The second-order valence-corrected chi connectivity index (χ2v) is 6.23. The molecule has 120 valence electrons. The van der Waals surface area contributed by atoms with Gasteiger partial charge >= 0.3 is 0 Å². The molecule has 2 unspecified atom stereocenters. The Morgan fingerprint density at radius 1 is 1.38 bits per heavy atom. The fourth-order valence-corrected chi connectivity index (χ4v) is 3.31. The van der Waals surface area contributed by atoms with E-state index in [2.05, 4.69) is 39.9 Å². The van der Waals surface area contributed by atoms with Gasteiger partial charge in [-0.05, 0) is 46.5 Å². The minimum absolute atomic E-state index is 0. The summed E-state index contributed by atoms with van der Waals surface area (Å²) >= 11 is 3.55. The molecule has 1 heterocycles. The molecule has 4 nitrogen and oxygen atoms in total. The van der Waals surface area contributed by atoms with Gasteiger partial charge in [-0.15, -0.1) is 12.4 Å². The van der Waals surface area contributed by atoms with Crippen LogP contribution in [0.4, 0.5) is 0 Å². The number of methoxy groups -OCH3 is 1. The van der Waals surface area contributed by atoms with E-state index in [1.54, 1.807) is 7.11 Å². The number of nitrogens with two attached hydrogens (primary N) is 1. The van der Waals surface area contributed by atoms with E-state index in [0.29, 0.717) is 12.5 Å². The minimum atomic E-state index is 0. The molecule has 1 aliphatic heterocycles. The summed E-state index contributed by atoms with van der Waals surface area (Å²) in [5.74, 6) is 2.10. The minimum Gasteiger partial charge on any atom is -0.492 e. The van der Waals surface area contributed by atoms with Crippen molar-refractivity contribution in [2.24, 2.45) is 11.7 Å². The van der Waals surface area contributed by atoms with Gasteiger partial charge in [0.1, 0.15) is 0 Å². The molecule has 0 saturated carbocycles. The third-order valence-corrected chi connectivity index (χ3v) is 4.31. The molecule has 1 fully saturated rings. The Morgan fingerprint density at radius 2 is 2.10 bits per heavy atom. The Labute approximate surface area is 141 Å². The van der Waals surface area contributed by atoms with Crippen LogP contribution >= 0.6 is 28.3 Å². The van der Waals surface area contributed by atoms with Crippen LogP contribution in [0.3, 0.4) is 0 Å². The Hall–Kier alpha value is -0.490. The standard InChI is InChI=1S/C15H23BrN2O2.ClH/c1-4-20-14-6-11(5-12(16)15(14)19-3)8-18-7-10(2)13(17)9-18;/h5-6,10,13H,4,7-9,17H2,1-3H3;1H. The summed E-state index contributed by atoms with van der Waals surface area (Å²) in [5.41, 5.74) is 7.29. The zero-order valence-electron chi connectivity index (χ0n) is 12.8. The number of ether oxygens (including phenoxy) is 2. The summed E-state index contributed by atoms with van der Waals surface area (Å²) in [5, 5.41) is 0. The molecular formula is C15H24BrClN2O2. The summed E-state index contributed by atoms with van der Waals surface area (Å²) in [6.45, 7) is 7.70. The van der Waals surface area contributed by atoms with Gasteiger partial charge in [0.05, 0.1) is 18.2 Å². The number of benzene rings is 1. The summed E-state index contributed by atoms with van der Waals surface area (Å²) in [7, 11) is 1.66. The predicted octanol–water partition coefficient (Wildman–Crippen LogP) is 3.06. The average Bonchev–Trinajstić information content (AvgIpc) is 2.68. The monoisotopic (exact) mass is 378 g/mol. The van der Waals surface area contributed by atoms with Gasteiger partial charge in [0.25, 0.3) is 0 Å². The predicted molar refractivity (Wildman–Crippen MR) is 91.5 cm³/mol. The molecule has 1 aliphatic rings. The van der Waals surface area contributed by atoms with Crippen LogP contribution in [-0.2, 0) is 6.54 Å². The lowest BCUT2D eigenvalue weighted by Gasteiger charge is -2.18. The van der Waals surface area contributed by atoms with Crippen LogP contribution in [0, 0.1) is 5.92 Å². The summed E-state index contributed by atoms with van der Waals surface area (Å²) in [6, 6.07) is 4.43. The Kier molecular flexibility index (Phi) is 7.27. The second kappa shape index (κ2) is 8.22. The zero-order chi connectivity index (χ0) is 14.7. The lowest BCUT2D eigenvalue weighted by Crippen LogP contribution is -2.28. The van der Waals surface area contributed by atoms with Gasteiger partial charge in [-0.25, -0.2) is 0 Å². The molecule has 6 heteroatoms. The van der Waals surface area contributed by atoms with Crippen LogP contribution in [0.25, 0.3) is 0 Å². The third-order valence-electron chi connectivity index (χ3n) is 3.73. The molecule has 21 heavy (non-hydrogen) atoms. The van der Waals surface area contributed by atoms with Gasteiger partial charge in [-0.3, -0.25) is 4.90 Å². The van der Waals surface area contributed by atoms with E-state index in [4.69, 9.17) is 15.2 Å². The smallest absolute Gasteiger partial charge is 0.174 e. The summed E-state index contributed by atoms with van der Waals surface area (Å²) in [6.07, 6.45) is 0. The maximum atomic E-state index is 6.08. The van der Waals surface area contributed by atoms with E-state index in [1.807, 2.05) is 6.92 Å². The highest BCUT2D eigenvalue weighted by Crippen LogP contribution is 2.37. The van der Waals surface area contributed by atoms with Crippen molar-refractivity contribution in [2.45, 2.75) is 26.4 Å². The molecule has 0 aliphatic carbocycles. The normalized spacial score (nSPS) is 22.0. The molecule has 1 saturated heterocycles. The van der Waals surface area contributed by atoms with Crippen molar-refractivity contribution < 1.29 is 9.47 Å². The van der Waals surface area contributed by atoms with E-state index in [-0.39, 0.29) is 18.4 Å². The zero-order valence-corrected chi connectivity index (χ0v) is 15.2. The first-order chi connectivity index (χ1) is 9.55. The first kappa shape index (κ1) is 18.6. The second-order valence-electron chi connectivity index (χ2n) is 5.38. The van der Waals surface area contributed by atoms with Crippen molar-refractivity contribution in [3.8, 4) is 11.5 Å². The fraction of sp³-hybridized carbons (Fsp3) is 0.600. The maximum absolute atomic E-state index is 6.08. The van der Waals surface area contributed by atoms with Crippen LogP contribution in [0.2, 0.25) is 0 Å². The molecule has 2 N–H and O–H groups in total. The topological polar surface area (TPSA) is 47.7 Å². The summed E-state index contributed by atoms with van der Waals surface area (Å²) in [4.78, 5) is 2.39. The van der Waals surface area contributed by atoms with E-state index < -0.39 is 0 Å². The third kappa shape index (κ3) is 4.49. The van der Waals surface area contributed by atoms with Crippen molar-refractivity contribution in [1.29, 1.82) is 0 Å². The van der Waals surface area contributed by atoms with Crippen molar-refractivity contribution in [1.82, 2.24) is 4.90 Å². The number of likely N-dealkylation sites (tertiary alicyclic amines) is 1.